The number of nitrogens with zero attached hydrogens (tertiary/aromatic N) is 2. The van der Waals surface area contributed by atoms with Crippen molar-refractivity contribution in [2.75, 3.05) is 12.8 Å². The Bertz CT molecular complexity index is 527. The van der Waals surface area contributed by atoms with Crippen molar-refractivity contribution < 1.29 is 0 Å². The van der Waals surface area contributed by atoms with Crippen LogP contribution >= 0.6 is 11.6 Å². The lowest BCUT2D eigenvalue weighted by molar-refractivity contribution is 0.614. The molecule has 0 aliphatic carbocycles. The number of para-hydroxylation sites is 1. The molecule has 4 nitrogen and oxygen atoms in total. The highest BCUT2D eigenvalue weighted by Gasteiger charge is 2.11. The van der Waals surface area contributed by atoms with Gasteiger partial charge < -0.3 is 11.1 Å². The molecule has 0 amide bonds. The molecule has 84 valence electrons. The van der Waals surface area contributed by atoms with Crippen LogP contribution in [-0.2, 0) is 0 Å². The van der Waals surface area contributed by atoms with Crippen LogP contribution in [0.1, 0.15) is 18.8 Å². The molecule has 1 atom stereocenters. The first kappa shape index (κ1) is 11.1. The van der Waals surface area contributed by atoms with E-state index in [0.29, 0.717) is 22.2 Å². The van der Waals surface area contributed by atoms with E-state index in [-0.39, 0.29) is 6.04 Å². The van der Waals surface area contributed by atoms with Gasteiger partial charge in [0.05, 0.1) is 16.6 Å². The number of hydrogen-bond acceptors (Lipinski definition) is 4. The number of benzene rings is 1. The molecule has 0 bridgehead atoms. The Labute approximate surface area is 98.8 Å². The van der Waals surface area contributed by atoms with Gasteiger partial charge in [-0.05, 0) is 26.1 Å². The smallest absolute Gasteiger partial charge is 0.148 e. The lowest BCUT2D eigenvalue weighted by Crippen LogP contribution is -2.16. The summed E-state index contributed by atoms with van der Waals surface area (Å²) in [5.41, 5.74) is 6.58. The molecule has 0 radical (unpaired) electrons. The highest BCUT2D eigenvalue weighted by molar-refractivity contribution is 6.35. The summed E-state index contributed by atoms with van der Waals surface area (Å²) < 4.78 is 0. The zero-order chi connectivity index (χ0) is 11.7. The third kappa shape index (κ3) is 1.81. The van der Waals surface area contributed by atoms with Crippen LogP contribution in [0, 0.1) is 0 Å². The van der Waals surface area contributed by atoms with E-state index in [4.69, 9.17) is 17.3 Å². The van der Waals surface area contributed by atoms with E-state index in [1.165, 1.54) is 0 Å². The average Bonchev–Trinajstić information content (AvgIpc) is 2.29. The average molecular weight is 237 g/mol. The summed E-state index contributed by atoms with van der Waals surface area (Å²) in [6, 6.07) is 5.54. The minimum atomic E-state index is 0.0444. The first-order valence-electron chi connectivity index (χ1n) is 5.02. The standard InChI is InChI=1S/C11H13ClN4/c1-6(14-2)11-15-9-7(10(13)16-11)4-3-5-8(9)12/h3-6,14H,1-2H3,(H2,13,15,16). The molecular formula is C11H13ClN4. The van der Waals surface area contributed by atoms with Crippen LogP contribution in [-0.4, -0.2) is 17.0 Å². The van der Waals surface area contributed by atoms with Gasteiger partial charge in [0.1, 0.15) is 11.6 Å². The molecule has 2 aromatic rings. The predicted octanol–water partition coefficient (Wildman–Crippen LogP) is 2.15. The van der Waals surface area contributed by atoms with Gasteiger partial charge in [-0.1, -0.05) is 17.7 Å². The molecule has 1 aromatic carbocycles. The summed E-state index contributed by atoms with van der Waals surface area (Å²) in [6.45, 7) is 1.97. The maximum Gasteiger partial charge on any atom is 0.148 e. The van der Waals surface area contributed by atoms with Gasteiger partial charge in [0.2, 0.25) is 0 Å². The van der Waals surface area contributed by atoms with E-state index >= 15 is 0 Å². The van der Waals surface area contributed by atoms with E-state index in [1.807, 2.05) is 26.1 Å². The third-order valence-corrected chi connectivity index (χ3v) is 2.85. The molecular weight excluding hydrogens is 224 g/mol. The van der Waals surface area contributed by atoms with E-state index in [9.17, 15) is 0 Å². The van der Waals surface area contributed by atoms with Crippen LogP contribution in [0.5, 0.6) is 0 Å². The van der Waals surface area contributed by atoms with Crippen molar-refractivity contribution >= 4 is 28.3 Å². The molecule has 3 N–H and O–H groups in total. The summed E-state index contributed by atoms with van der Waals surface area (Å²) in [7, 11) is 1.85. The van der Waals surface area contributed by atoms with Crippen LogP contribution in [0.15, 0.2) is 18.2 Å². The van der Waals surface area contributed by atoms with Crippen LogP contribution in [0.3, 0.4) is 0 Å². The van der Waals surface area contributed by atoms with Crippen LogP contribution < -0.4 is 11.1 Å². The number of hydrogen-bond donors (Lipinski definition) is 2. The van der Waals surface area contributed by atoms with Crippen molar-refractivity contribution in [3.8, 4) is 0 Å². The van der Waals surface area contributed by atoms with Crippen molar-refractivity contribution in [1.29, 1.82) is 0 Å². The minimum absolute atomic E-state index is 0.0444. The van der Waals surface area contributed by atoms with Gasteiger partial charge in [-0.3, -0.25) is 0 Å². The summed E-state index contributed by atoms with van der Waals surface area (Å²) in [4.78, 5) is 8.68. The Morgan fingerprint density at radius 3 is 2.81 bits per heavy atom. The van der Waals surface area contributed by atoms with Gasteiger partial charge in [-0.15, -0.1) is 0 Å². The third-order valence-electron chi connectivity index (χ3n) is 2.54. The largest absolute Gasteiger partial charge is 0.383 e. The number of fused-ring (bicyclic) bond motifs is 1. The lowest BCUT2D eigenvalue weighted by atomic mass is 10.2. The van der Waals surface area contributed by atoms with Crippen LogP contribution in [0.4, 0.5) is 5.82 Å². The van der Waals surface area contributed by atoms with Gasteiger partial charge >= 0.3 is 0 Å². The Morgan fingerprint density at radius 1 is 1.38 bits per heavy atom. The molecule has 1 unspecified atom stereocenters. The summed E-state index contributed by atoms with van der Waals surface area (Å²) >= 11 is 6.08. The number of aromatic nitrogens is 2. The minimum Gasteiger partial charge on any atom is -0.383 e. The Kier molecular flexibility index (Phi) is 2.94. The number of nitrogens with one attached hydrogen (secondary N) is 1. The van der Waals surface area contributed by atoms with Crippen molar-refractivity contribution in [1.82, 2.24) is 15.3 Å². The van der Waals surface area contributed by atoms with Crippen molar-refractivity contribution in [2.24, 2.45) is 0 Å². The number of halogens is 1. The van der Waals surface area contributed by atoms with Gasteiger partial charge in [-0.25, -0.2) is 9.97 Å². The van der Waals surface area contributed by atoms with Gasteiger partial charge in [0.25, 0.3) is 0 Å². The van der Waals surface area contributed by atoms with E-state index in [1.54, 1.807) is 6.07 Å². The van der Waals surface area contributed by atoms with Crippen molar-refractivity contribution in [2.45, 2.75) is 13.0 Å². The van der Waals surface area contributed by atoms with E-state index < -0.39 is 0 Å². The van der Waals surface area contributed by atoms with Gasteiger partial charge in [0, 0.05) is 5.39 Å². The Morgan fingerprint density at radius 2 is 2.12 bits per heavy atom. The second kappa shape index (κ2) is 4.23. The molecule has 16 heavy (non-hydrogen) atoms. The summed E-state index contributed by atoms with van der Waals surface area (Å²) in [6.07, 6.45) is 0. The van der Waals surface area contributed by atoms with Gasteiger partial charge in [-0.2, -0.15) is 0 Å². The fourth-order valence-electron chi connectivity index (χ4n) is 1.48. The normalized spacial score (nSPS) is 12.9. The number of nitrogens with two attached hydrogens (primary N) is 1. The Balaban J connectivity index is 2.70. The highest BCUT2D eigenvalue weighted by Crippen LogP contribution is 2.25. The highest BCUT2D eigenvalue weighted by atomic mass is 35.5. The molecule has 1 aromatic heterocycles. The quantitative estimate of drug-likeness (QED) is 0.839. The lowest BCUT2D eigenvalue weighted by Gasteiger charge is -2.11. The molecule has 5 heteroatoms. The fourth-order valence-corrected chi connectivity index (χ4v) is 1.70. The van der Waals surface area contributed by atoms with Crippen molar-refractivity contribution in [3.63, 3.8) is 0 Å². The summed E-state index contributed by atoms with van der Waals surface area (Å²) in [5, 5.41) is 4.45. The zero-order valence-corrected chi connectivity index (χ0v) is 9.92. The first-order valence-corrected chi connectivity index (χ1v) is 5.40. The maximum atomic E-state index is 6.08. The van der Waals surface area contributed by atoms with E-state index in [2.05, 4.69) is 15.3 Å². The molecule has 2 rings (SSSR count). The summed E-state index contributed by atoms with van der Waals surface area (Å²) in [5.74, 6) is 1.12. The fraction of sp³-hybridized carbons (Fsp3) is 0.273. The van der Waals surface area contributed by atoms with Crippen molar-refractivity contribution in [3.05, 3.63) is 29.0 Å². The SMILES string of the molecule is CNC(C)c1nc(N)c2cccc(Cl)c2n1. The zero-order valence-electron chi connectivity index (χ0n) is 9.16. The maximum absolute atomic E-state index is 6.08. The number of rotatable bonds is 2. The topological polar surface area (TPSA) is 63.8 Å². The van der Waals surface area contributed by atoms with E-state index in [0.717, 1.165) is 5.39 Å². The molecule has 0 saturated heterocycles. The predicted molar refractivity (Wildman–Crippen MR) is 66.4 cm³/mol. The van der Waals surface area contributed by atoms with Gasteiger partial charge in [0.15, 0.2) is 0 Å². The molecule has 1 heterocycles. The molecule has 0 spiro atoms. The van der Waals surface area contributed by atoms with Crippen LogP contribution in [0.2, 0.25) is 5.02 Å². The second-order valence-electron chi connectivity index (χ2n) is 3.61. The monoisotopic (exact) mass is 236 g/mol. The number of nitrogen functional groups attached to an aromatic ring is 1. The van der Waals surface area contributed by atoms with Crippen LogP contribution in [0.25, 0.3) is 10.9 Å². The molecule has 0 aliphatic rings. The molecule has 0 saturated carbocycles. The second-order valence-corrected chi connectivity index (χ2v) is 4.02. The first-order chi connectivity index (χ1) is 7.63. The number of anilines is 1. The molecule has 0 fully saturated rings. The Hall–Kier alpha value is -1.39. The molecule has 0 aliphatic heterocycles.